The van der Waals surface area contributed by atoms with Crippen molar-refractivity contribution in [2.24, 2.45) is 5.73 Å². The van der Waals surface area contributed by atoms with Crippen molar-refractivity contribution in [1.29, 1.82) is 0 Å². The molecule has 0 aliphatic carbocycles. The molecular formula is C11H12N2O3S. The van der Waals surface area contributed by atoms with Crippen molar-refractivity contribution in [2.45, 2.75) is 16.9 Å². The van der Waals surface area contributed by atoms with Gasteiger partial charge in [-0.2, -0.15) is 0 Å². The predicted octanol–water partition coefficient (Wildman–Crippen LogP) is 1.72. The van der Waals surface area contributed by atoms with Gasteiger partial charge in [0.25, 0.3) is 5.22 Å². The Kier molecular flexibility index (Phi) is 3.65. The zero-order valence-electron chi connectivity index (χ0n) is 9.00. The lowest BCUT2D eigenvalue weighted by molar-refractivity contribution is -0.136. The number of hydrogen-bond acceptors (Lipinski definition) is 5. The lowest BCUT2D eigenvalue weighted by atomic mass is 10.3. The summed E-state index contributed by atoms with van der Waals surface area (Å²) in [5, 5.41) is 8.74. The maximum absolute atomic E-state index is 11.0. The summed E-state index contributed by atoms with van der Waals surface area (Å²) in [5.74, 6) is -0.900. The van der Waals surface area contributed by atoms with Crippen LogP contribution in [0.2, 0.25) is 0 Å². The molecule has 5 nitrogen and oxygen atoms in total. The smallest absolute Gasteiger partial charge is 0.317 e. The molecule has 6 heteroatoms. The summed E-state index contributed by atoms with van der Waals surface area (Å²) in [6.45, 7) is 0.324. The standard InChI is InChI=1S/C11H12N2O3S/c12-6-5-9(10(14)15)17-11-13-7-3-1-2-4-8(7)16-11/h1-4,9H,5-6,12H2,(H,14,15). The van der Waals surface area contributed by atoms with Crippen LogP contribution in [0, 0.1) is 0 Å². The highest BCUT2D eigenvalue weighted by molar-refractivity contribution is 8.00. The van der Waals surface area contributed by atoms with E-state index in [2.05, 4.69) is 4.98 Å². The van der Waals surface area contributed by atoms with Crippen molar-refractivity contribution in [2.75, 3.05) is 6.54 Å². The van der Waals surface area contributed by atoms with Crippen molar-refractivity contribution < 1.29 is 14.3 Å². The third-order valence-corrected chi connectivity index (χ3v) is 3.32. The Morgan fingerprint density at radius 3 is 2.94 bits per heavy atom. The van der Waals surface area contributed by atoms with Crippen LogP contribution in [0.4, 0.5) is 0 Å². The minimum absolute atomic E-state index is 0.324. The lowest BCUT2D eigenvalue weighted by Gasteiger charge is -2.06. The number of aromatic nitrogens is 1. The summed E-state index contributed by atoms with van der Waals surface area (Å²) in [4.78, 5) is 15.2. The van der Waals surface area contributed by atoms with Crippen molar-refractivity contribution >= 4 is 28.8 Å². The first kappa shape index (κ1) is 11.9. The van der Waals surface area contributed by atoms with Crippen LogP contribution >= 0.6 is 11.8 Å². The van der Waals surface area contributed by atoms with Crippen LogP contribution in [0.3, 0.4) is 0 Å². The molecular weight excluding hydrogens is 240 g/mol. The number of carboxylic acid groups (broad SMARTS) is 1. The molecule has 17 heavy (non-hydrogen) atoms. The van der Waals surface area contributed by atoms with Gasteiger partial charge >= 0.3 is 5.97 Å². The van der Waals surface area contributed by atoms with Crippen LogP contribution in [0.15, 0.2) is 33.9 Å². The fourth-order valence-electron chi connectivity index (χ4n) is 1.41. The molecule has 0 amide bonds. The van der Waals surface area contributed by atoms with Gasteiger partial charge in [-0.1, -0.05) is 23.9 Å². The molecule has 90 valence electrons. The average molecular weight is 252 g/mol. The van der Waals surface area contributed by atoms with Gasteiger partial charge < -0.3 is 15.3 Å². The van der Waals surface area contributed by atoms with E-state index in [1.807, 2.05) is 18.2 Å². The minimum atomic E-state index is -0.900. The average Bonchev–Trinajstić information content (AvgIpc) is 2.70. The monoisotopic (exact) mass is 252 g/mol. The second-order valence-electron chi connectivity index (χ2n) is 3.47. The number of carbonyl (C=O) groups is 1. The number of carboxylic acids is 1. The highest BCUT2D eigenvalue weighted by Gasteiger charge is 2.21. The number of para-hydroxylation sites is 2. The number of nitrogens with two attached hydrogens (primary N) is 1. The molecule has 0 saturated heterocycles. The molecule has 1 heterocycles. The third-order valence-electron chi connectivity index (χ3n) is 2.22. The third kappa shape index (κ3) is 2.78. The van der Waals surface area contributed by atoms with Crippen LogP contribution in [0.5, 0.6) is 0 Å². The lowest BCUT2D eigenvalue weighted by Crippen LogP contribution is -2.20. The van der Waals surface area contributed by atoms with Crippen molar-refractivity contribution in [3.63, 3.8) is 0 Å². The van der Waals surface area contributed by atoms with E-state index in [1.54, 1.807) is 6.07 Å². The molecule has 0 aliphatic heterocycles. The fraction of sp³-hybridized carbons (Fsp3) is 0.273. The topological polar surface area (TPSA) is 89.4 Å². The maximum atomic E-state index is 11.0. The molecule has 1 unspecified atom stereocenters. The number of benzene rings is 1. The Bertz CT molecular complexity index is 493. The van der Waals surface area contributed by atoms with E-state index in [1.165, 1.54) is 0 Å². The van der Waals surface area contributed by atoms with Gasteiger partial charge in [0.1, 0.15) is 10.8 Å². The SMILES string of the molecule is NCCC(Sc1nc2ccccc2o1)C(=O)O. The zero-order chi connectivity index (χ0) is 12.3. The number of rotatable bonds is 5. The summed E-state index contributed by atoms with van der Waals surface area (Å²) >= 11 is 1.09. The highest BCUT2D eigenvalue weighted by Crippen LogP contribution is 2.28. The Balaban J connectivity index is 2.19. The number of hydrogen-bond donors (Lipinski definition) is 2. The van der Waals surface area contributed by atoms with Gasteiger partial charge in [-0.3, -0.25) is 4.79 Å². The highest BCUT2D eigenvalue weighted by atomic mass is 32.2. The van der Waals surface area contributed by atoms with Crippen LogP contribution < -0.4 is 5.73 Å². The summed E-state index contributed by atoms with van der Waals surface area (Å²) in [6.07, 6.45) is 0.388. The van der Waals surface area contributed by atoms with Gasteiger partial charge in [-0.05, 0) is 25.1 Å². The van der Waals surface area contributed by atoms with E-state index in [-0.39, 0.29) is 0 Å². The number of fused-ring (bicyclic) bond motifs is 1. The second kappa shape index (κ2) is 5.20. The number of aliphatic carboxylic acids is 1. The number of oxazole rings is 1. The van der Waals surface area contributed by atoms with Crippen molar-refractivity contribution in [3.8, 4) is 0 Å². The van der Waals surface area contributed by atoms with Gasteiger partial charge in [0.15, 0.2) is 5.58 Å². The summed E-state index contributed by atoms with van der Waals surface area (Å²) in [5.41, 5.74) is 6.76. The van der Waals surface area contributed by atoms with E-state index >= 15 is 0 Å². The first-order valence-corrected chi connectivity index (χ1v) is 6.04. The molecule has 0 saturated carbocycles. The van der Waals surface area contributed by atoms with E-state index in [0.29, 0.717) is 23.8 Å². The molecule has 2 rings (SSSR count). The van der Waals surface area contributed by atoms with E-state index in [9.17, 15) is 4.79 Å². The molecule has 1 aromatic carbocycles. The molecule has 2 aromatic rings. The van der Waals surface area contributed by atoms with Gasteiger partial charge in [0, 0.05) is 0 Å². The molecule has 1 atom stereocenters. The van der Waals surface area contributed by atoms with Gasteiger partial charge in [-0.15, -0.1) is 0 Å². The molecule has 0 radical (unpaired) electrons. The van der Waals surface area contributed by atoms with Crippen LogP contribution in [-0.2, 0) is 4.79 Å². The molecule has 1 aromatic heterocycles. The molecule has 0 fully saturated rings. The predicted molar refractivity (Wildman–Crippen MR) is 65.0 cm³/mol. The summed E-state index contributed by atoms with van der Waals surface area (Å²) in [7, 11) is 0. The van der Waals surface area contributed by atoms with Gasteiger partial charge in [0.2, 0.25) is 0 Å². The Morgan fingerprint density at radius 2 is 2.29 bits per heavy atom. The number of thioether (sulfide) groups is 1. The van der Waals surface area contributed by atoms with Crippen molar-refractivity contribution in [3.05, 3.63) is 24.3 Å². The second-order valence-corrected chi connectivity index (χ2v) is 4.62. The quantitative estimate of drug-likeness (QED) is 0.787. The molecule has 3 N–H and O–H groups in total. The van der Waals surface area contributed by atoms with Crippen LogP contribution in [0.1, 0.15) is 6.42 Å². The summed E-state index contributed by atoms with van der Waals surface area (Å²) in [6, 6.07) is 7.32. The van der Waals surface area contributed by atoms with Crippen LogP contribution in [0.25, 0.3) is 11.1 Å². The number of nitrogens with zero attached hydrogens (tertiary/aromatic N) is 1. The van der Waals surface area contributed by atoms with Gasteiger partial charge in [0.05, 0.1) is 0 Å². The Morgan fingerprint density at radius 1 is 1.53 bits per heavy atom. The fourth-order valence-corrected chi connectivity index (χ4v) is 2.29. The first-order valence-electron chi connectivity index (χ1n) is 5.16. The minimum Gasteiger partial charge on any atom is -0.480 e. The van der Waals surface area contributed by atoms with Crippen LogP contribution in [-0.4, -0.2) is 27.9 Å². The van der Waals surface area contributed by atoms with E-state index in [0.717, 1.165) is 17.3 Å². The Labute approximate surface area is 102 Å². The van der Waals surface area contributed by atoms with Crippen molar-refractivity contribution in [1.82, 2.24) is 4.98 Å². The largest absolute Gasteiger partial charge is 0.480 e. The zero-order valence-corrected chi connectivity index (χ0v) is 9.81. The first-order chi connectivity index (χ1) is 8.20. The Hall–Kier alpha value is -1.53. The molecule has 0 spiro atoms. The maximum Gasteiger partial charge on any atom is 0.317 e. The summed E-state index contributed by atoms with van der Waals surface area (Å²) < 4.78 is 5.44. The molecule has 0 bridgehead atoms. The van der Waals surface area contributed by atoms with Gasteiger partial charge in [-0.25, -0.2) is 4.98 Å². The van der Waals surface area contributed by atoms with E-state index in [4.69, 9.17) is 15.3 Å². The normalized spacial score (nSPS) is 12.8. The van der Waals surface area contributed by atoms with E-state index < -0.39 is 11.2 Å². The molecule has 0 aliphatic rings.